The van der Waals surface area contributed by atoms with Crippen molar-refractivity contribution in [1.29, 1.82) is 0 Å². The van der Waals surface area contributed by atoms with Crippen molar-refractivity contribution in [2.45, 2.75) is 110 Å². The number of aromatic nitrogens is 4. The largest absolute Gasteiger partial charge is 0.481 e. The van der Waals surface area contributed by atoms with Crippen LogP contribution in [0.1, 0.15) is 102 Å². The highest BCUT2D eigenvalue weighted by Gasteiger charge is 2.47. The fraction of sp³-hybridized carbons (Fsp3) is 0.576. The van der Waals surface area contributed by atoms with Crippen LogP contribution in [0.5, 0.6) is 0 Å². The molecule has 3 aromatic rings. The Morgan fingerprint density at radius 2 is 1.80 bits per heavy atom. The summed E-state index contributed by atoms with van der Waals surface area (Å²) in [6.07, 6.45) is 3.61. The van der Waals surface area contributed by atoms with Crippen molar-refractivity contribution in [2.75, 3.05) is 6.54 Å². The zero-order valence-electron chi connectivity index (χ0n) is 27.1. The molecule has 12 heteroatoms. The van der Waals surface area contributed by atoms with Crippen molar-refractivity contribution in [3.8, 4) is 10.4 Å². The Morgan fingerprint density at radius 1 is 1.11 bits per heavy atom. The molecular weight excluding hydrogens is 592 g/mol. The molecule has 11 nitrogen and oxygen atoms in total. The number of nitrogens with one attached hydrogen (secondary N) is 1. The number of aryl methyl sites for hydroxylation is 1. The van der Waals surface area contributed by atoms with Gasteiger partial charge >= 0.3 is 5.97 Å². The Hall–Kier alpha value is -3.64. The molecule has 4 atom stereocenters. The van der Waals surface area contributed by atoms with Crippen molar-refractivity contribution in [1.82, 2.24) is 30.2 Å². The Morgan fingerprint density at radius 3 is 2.36 bits per heavy atom. The molecule has 2 aliphatic rings. The first-order valence-electron chi connectivity index (χ1n) is 15.5. The maximum Gasteiger partial charge on any atom is 0.305 e. The topological polar surface area (TPSA) is 140 Å². The van der Waals surface area contributed by atoms with E-state index in [9.17, 15) is 19.5 Å². The van der Waals surface area contributed by atoms with Crippen LogP contribution in [0.25, 0.3) is 10.4 Å². The number of carbonyl (C=O) groups is 3. The van der Waals surface area contributed by atoms with Crippen LogP contribution < -0.4 is 5.32 Å². The van der Waals surface area contributed by atoms with Gasteiger partial charge in [-0.3, -0.25) is 14.4 Å². The molecule has 0 spiro atoms. The minimum Gasteiger partial charge on any atom is -0.481 e. The molecule has 1 saturated carbocycles. The number of rotatable bonds is 10. The van der Waals surface area contributed by atoms with E-state index in [4.69, 9.17) is 4.74 Å². The number of carboxylic acids is 1. The highest BCUT2D eigenvalue weighted by Crippen LogP contribution is 2.41. The highest BCUT2D eigenvalue weighted by atomic mass is 32.1. The molecule has 2 N–H and O–H groups in total. The second kappa shape index (κ2) is 12.6. The van der Waals surface area contributed by atoms with Crippen LogP contribution in [0.2, 0.25) is 0 Å². The van der Waals surface area contributed by atoms with Gasteiger partial charge in [0.1, 0.15) is 12.1 Å². The van der Waals surface area contributed by atoms with Gasteiger partial charge in [0.2, 0.25) is 11.8 Å². The molecule has 1 aromatic carbocycles. The lowest BCUT2D eigenvalue weighted by molar-refractivity contribution is -0.145. The predicted molar refractivity (Wildman–Crippen MR) is 171 cm³/mol. The molecule has 0 bridgehead atoms. The lowest BCUT2D eigenvalue weighted by atomic mass is 9.85. The minimum atomic E-state index is -1.04. The summed E-state index contributed by atoms with van der Waals surface area (Å²) in [5.74, 6) is -1.31. The summed E-state index contributed by atoms with van der Waals surface area (Å²) in [4.78, 5) is 47.3. The SMILES string of the molecule is Cc1ncsc1-c1ccc([C@H](CC(=O)O)NC(=O)[C@@H]2C[C@@H](OC(C)(C)C)CN2C(=O)[C@@H](n2cc(C3CC3)nn2)C(C)(C)C)cc1. The molecule has 2 fully saturated rings. The number of nitrogens with zero attached hydrogens (tertiary/aromatic N) is 5. The number of carboxylic acid groups (broad SMARTS) is 1. The van der Waals surface area contributed by atoms with Gasteiger partial charge in [-0.15, -0.1) is 16.4 Å². The van der Waals surface area contributed by atoms with Gasteiger partial charge in [-0.25, -0.2) is 9.67 Å². The van der Waals surface area contributed by atoms with Crippen molar-refractivity contribution in [2.24, 2.45) is 5.41 Å². The van der Waals surface area contributed by atoms with Crippen molar-refractivity contribution in [3.05, 3.63) is 52.9 Å². The van der Waals surface area contributed by atoms with Gasteiger partial charge in [0, 0.05) is 25.1 Å². The van der Waals surface area contributed by atoms with Gasteiger partial charge in [0.25, 0.3) is 0 Å². The van der Waals surface area contributed by atoms with E-state index in [-0.39, 0.29) is 25.0 Å². The maximum absolute atomic E-state index is 14.4. The van der Waals surface area contributed by atoms with Gasteiger partial charge < -0.3 is 20.1 Å². The monoisotopic (exact) mass is 636 g/mol. The number of amides is 2. The molecule has 0 radical (unpaired) electrons. The summed E-state index contributed by atoms with van der Waals surface area (Å²) < 4.78 is 7.92. The molecule has 1 aliphatic carbocycles. The molecule has 2 aromatic heterocycles. The average molecular weight is 637 g/mol. The van der Waals surface area contributed by atoms with Gasteiger partial charge in [-0.2, -0.15) is 0 Å². The minimum absolute atomic E-state index is 0.234. The molecule has 2 amide bonds. The average Bonchev–Trinajstić information content (AvgIpc) is 3.30. The molecular formula is C33H44N6O5S. The quantitative estimate of drug-likeness (QED) is 0.306. The molecule has 1 aliphatic heterocycles. The first kappa shape index (κ1) is 32.7. The lowest BCUT2D eigenvalue weighted by Gasteiger charge is -2.35. The first-order valence-corrected chi connectivity index (χ1v) is 16.4. The smallest absolute Gasteiger partial charge is 0.305 e. The summed E-state index contributed by atoms with van der Waals surface area (Å²) in [5, 5.41) is 21.4. The van der Waals surface area contributed by atoms with Crippen molar-refractivity contribution < 1.29 is 24.2 Å². The van der Waals surface area contributed by atoms with E-state index >= 15 is 0 Å². The summed E-state index contributed by atoms with van der Waals surface area (Å²) in [6.45, 7) is 13.9. The number of hydrogen-bond acceptors (Lipinski definition) is 8. The van der Waals surface area contributed by atoms with Gasteiger partial charge in [-0.1, -0.05) is 50.3 Å². The number of benzene rings is 1. The van der Waals surface area contributed by atoms with E-state index in [1.165, 1.54) is 11.3 Å². The van der Waals surface area contributed by atoms with Crippen LogP contribution in [0, 0.1) is 12.3 Å². The molecule has 3 heterocycles. The first-order chi connectivity index (χ1) is 21.1. The van der Waals surface area contributed by atoms with Gasteiger partial charge in [0.05, 0.1) is 45.9 Å². The van der Waals surface area contributed by atoms with E-state index in [0.717, 1.165) is 34.7 Å². The third-order valence-electron chi connectivity index (χ3n) is 8.23. The Balaban J connectivity index is 1.41. The zero-order chi connectivity index (χ0) is 32.7. The molecule has 5 rings (SSSR count). The maximum atomic E-state index is 14.4. The standard InChI is InChI=1S/C33H44N6O5S/c1-19-28(45-18-34-19)22-12-10-20(11-13-22)24(15-27(40)41)35-30(42)26-14-23(44-33(5,6)7)16-38(26)31(43)29(32(2,3)4)39-17-25(36-37-39)21-8-9-21/h10-13,17-18,21,23-24,26,29H,8-9,14-16H2,1-7H3,(H,35,42)(H,40,41)/t23-,24+,26+,29-/m1/s1. The summed E-state index contributed by atoms with van der Waals surface area (Å²) in [6, 6.07) is 5.16. The number of hydrogen-bond donors (Lipinski definition) is 2. The highest BCUT2D eigenvalue weighted by molar-refractivity contribution is 7.13. The van der Waals surface area contributed by atoms with Crippen LogP contribution in [0.15, 0.2) is 36.0 Å². The van der Waals surface area contributed by atoms with Crippen LogP contribution in [-0.4, -0.2) is 72.1 Å². The van der Waals surface area contributed by atoms with E-state index in [0.29, 0.717) is 17.9 Å². The van der Waals surface area contributed by atoms with E-state index in [1.807, 2.05) is 78.9 Å². The third kappa shape index (κ3) is 7.78. The Kier molecular flexibility index (Phi) is 9.19. The van der Waals surface area contributed by atoms with Gasteiger partial charge in [-0.05, 0) is 57.1 Å². The molecule has 0 unspecified atom stereocenters. The number of aliphatic carboxylic acids is 1. The van der Waals surface area contributed by atoms with E-state index < -0.39 is 41.0 Å². The fourth-order valence-corrected chi connectivity index (χ4v) is 6.85. The van der Waals surface area contributed by atoms with Crippen LogP contribution in [0.3, 0.4) is 0 Å². The van der Waals surface area contributed by atoms with Crippen molar-refractivity contribution in [3.63, 3.8) is 0 Å². The summed E-state index contributed by atoms with van der Waals surface area (Å²) >= 11 is 1.54. The second-order valence-electron chi connectivity index (χ2n) is 14.3. The number of thiazole rings is 1. The number of likely N-dealkylation sites (tertiary alicyclic amines) is 1. The van der Waals surface area contributed by atoms with Crippen molar-refractivity contribution >= 4 is 29.1 Å². The van der Waals surface area contributed by atoms with E-state index in [2.05, 4.69) is 20.6 Å². The van der Waals surface area contributed by atoms with Crippen LogP contribution in [0.4, 0.5) is 0 Å². The lowest BCUT2D eigenvalue weighted by Crippen LogP contribution is -2.51. The fourth-order valence-electron chi connectivity index (χ4n) is 6.04. The Labute approximate surface area is 268 Å². The summed E-state index contributed by atoms with van der Waals surface area (Å²) in [7, 11) is 0. The zero-order valence-corrected chi connectivity index (χ0v) is 27.9. The van der Waals surface area contributed by atoms with Gasteiger partial charge in [0.15, 0.2) is 0 Å². The second-order valence-corrected chi connectivity index (χ2v) is 15.2. The Bertz CT molecular complexity index is 1530. The molecule has 1 saturated heterocycles. The summed E-state index contributed by atoms with van der Waals surface area (Å²) in [5.41, 5.74) is 4.22. The normalized spacial score (nSPS) is 20.2. The third-order valence-corrected chi connectivity index (χ3v) is 9.20. The van der Waals surface area contributed by atoms with Crippen LogP contribution >= 0.6 is 11.3 Å². The number of ether oxygens (including phenoxy) is 1. The molecule has 45 heavy (non-hydrogen) atoms. The van der Waals surface area contributed by atoms with E-state index in [1.54, 1.807) is 15.1 Å². The number of carbonyl (C=O) groups excluding carboxylic acids is 2. The predicted octanol–water partition coefficient (Wildman–Crippen LogP) is 5.29. The van der Waals surface area contributed by atoms with Crippen LogP contribution in [-0.2, 0) is 19.1 Å². The molecule has 242 valence electrons.